The fraction of sp³-hybridized carbons (Fsp3) is 0.375. The molecule has 0 saturated carbocycles. The molecule has 4 heteroatoms. The van der Waals surface area contributed by atoms with Gasteiger partial charge in [0.25, 0.3) is 0 Å². The molecular weight excluding hydrogens is 334 g/mol. The van der Waals surface area contributed by atoms with Gasteiger partial charge in [-0.1, -0.05) is 18.2 Å². The zero-order valence-corrected chi connectivity index (χ0v) is 13.8. The van der Waals surface area contributed by atoms with Crippen LogP contribution in [0.15, 0.2) is 40.2 Å². The summed E-state index contributed by atoms with van der Waals surface area (Å²) in [6, 6.07) is 11.0. The number of hydrogen-bond donors (Lipinski definition) is 1. The lowest BCUT2D eigenvalue weighted by Crippen LogP contribution is -2.22. The maximum atomic E-state index is 5.76. The Morgan fingerprint density at radius 3 is 3.00 bits per heavy atom. The van der Waals surface area contributed by atoms with Gasteiger partial charge in [0.05, 0.1) is 6.61 Å². The highest BCUT2D eigenvalue weighted by Crippen LogP contribution is 2.41. The van der Waals surface area contributed by atoms with Crippen molar-refractivity contribution in [3.05, 3.63) is 50.6 Å². The zero-order valence-electron chi connectivity index (χ0n) is 11.4. The smallest absolute Gasteiger partial charge is 0.122 e. The summed E-state index contributed by atoms with van der Waals surface area (Å²) in [4.78, 5) is 1.39. The van der Waals surface area contributed by atoms with E-state index in [9.17, 15) is 0 Å². The molecule has 0 bridgehead atoms. The summed E-state index contributed by atoms with van der Waals surface area (Å²) in [5.74, 6) is 1.62. The highest BCUT2D eigenvalue weighted by Gasteiger charge is 2.25. The lowest BCUT2D eigenvalue weighted by atomic mass is 9.87. The number of hydrogen-bond acceptors (Lipinski definition) is 3. The molecule has 0 amide bonds. The Bertz CT molecular complexity index is 583. The Morgan fingerprint density at radius 1 is 1.40 bits per heavy atom. The molecule has 0 fully saturated rings. The average molecular weight is 352 g/mol. The molecular formula is C16H18BrNOS. The average Bonchev–Trinajstić information content (AvgIpc) is 2.91. The Hall–Kier alpha value is -0.840. The van der Waals surface area contributed by atoms with Crippen LogP contribution in [0.2, 0.25) is 0 Å². The van der Waals surface area contributed by atoms with E-state index in [0.717, 1.165) is 25.2 Å². The Morgan fingerprint density at radius 2 is 2.25 bits per heavy atom. The molecule has 1 aliphatic rings. The molecule has 1 aliphatic heterocycles. The number of thiophene rings is 1. The minimum absolute atomic E-state index is 0.389. The van der Waals surface area contributed by atoms with Crippen molar-refractivity contribution in [1.29, 1.82) is 0 Å². The van der Waals surface area contributed by atoms with E-state index in [1.54, 1.807) is 0 Å². The van der Waals surface area contributed by atoms with Crippen LogP contribution in [0.1, 0.15) is 35.2 Å². The van der Waals surface area contributed by atoms with E-state index in [4.69, 9.17) is 4.74 Å². The van der Waals surface area contributed by atoms with Gasteiger partial charge in [-0.15, -0.1) is 11.3 Å². The third-order valence-corrected chi connectivity index (χ3v) is 5.90. The largest absolute Gasteiger partial charge is 0.493 e. The van der Waals surface area contributed by atoms with Gasteiger partial charge in [0.15, 0.2) is 0 Å². The van der Waals surface area contributed by atoms with E-state index in [0.29, 0.717) is 12.0 Å². The summed E-state index contributed by atoms with van der Waals surface area (Å²) < 4.78 is 6.97. The first-order chi connectivity index (χ1) is 9.79. The summed E-state index contributed by atoms with van der Waals surface area (Å²) in [6.07, 6.45) is 2.20. The van der Waals surface area contributed by atoms with Crippen molar-refractivity contribution in [2.45, 2.75) is 24.8 Å². The number of benzene rings is 1. The second kappa shape index (κ2) is 6.29. The summed E-state index contributed by atoms with van der Waals surface area (Å²) in [6.45, 7) is 0.823. The third-order valence-electron chi connectivity index (χ3n) is 3.91. The van der Waals surface area contributed by atoms with Crippen molar-refractivity contribution in [2.24, 2.45) is 0 Å². The van der Waals surface area contributed by atoms with Crippen LogP contribution in [0.4, 0.5) is 0 Å². The van der Waals surface area contributed by atoms with E-state index >= 15 is 0 Å². The molecule has 0 spiro atoms. The van der Waals surface area contributed by atoms with Crippen molar-refractivity contribution < 1.29 is 4.74 Å². The fourth-order valence-electron chi connectivity index (χ4n) is 2.86. The maximum Gasteiger partial charge on any atom is 0.122 e. The number of rotatable bonds is 4. The van der Waals surface area contributed by atoms with Gasteiger partial charge in [-0.25, -0.2) is 0 Å². The van der Waals surface area contributed by atoms with Crippen LogP contribution in [-0.4, -0.2) is 13.7 Å². The normalized spacial score (nSPS) is 19.2. The van der Waals surface area contributed by atoms with E-state index in [1.165, 1.54) is 14.9 Å². The number of fused-ring (bicyclic) bond motifs is 1. The van der Waals surface area contributed by atoms with E-state index < -0.39 is 0 Å². The van der Waals surface area contributed by atoms with E-state index in [1.807, 2.05) is 24.5 Å². The second-order valence-electron chi connectivity index (χ2n) is 5.08. The summed E-state index contributed by atoms with van der Waals surface area (Å²) in [7, 11) is 2.04. The molecule has 2 heterocycles. The molecule has 1 aromatic carbocycles. The second-order valence-corrected chi connectivity index (χ2v) is 6.88. The predicted molar refractivity (Wildman–Crippen MR) is 87.7 cm³/mol. The quantitative estimate of drug-likeness (QED) is 0.859. The maximum absolute atomic E-state index is 5.76. The Balaban J connectivity index is 1.82. The van der Waals surface area contributed by atoms with Crippen molar-refractivity contribution in [2.75, 3.05) is 13.7 Å². The lowest BCUT2D eigenvalue weighted by Gasteiger charge is -2.29. The molecule has 2 unspecified atom stereocenters. The predicted octanol–water partition coefficient (Wildman–Crippen LogP) is 4.73. The Labute approximate surface area is 132 Å². The topological polar surface area (TPSA) is 21.3 Å². The first kappa shape index (κ1) is 14.1. The fourth-order valence-corrected chi connectivity index (χ4v) is 4.63. The highest BCUT2D eigenvalue weighted by molar-refractivity contribution is 9.10. The molecule has 2 atom stereocenters. The highest BCUT2D eigenvalue weighted by atomic mass is 79.9. The molecule has 1 aromatic heterocycles. The van der Waals surface area contributed by atoms with Crippen molar-refractivity contribution >= 4 is 27.3 Å². The number of para-hydroxylation sites is 1. The minimum Gasteiger partial charge on any atom is -0.493 e. The third kappa shape index (κ3) is 2.78. The van der Waals surface area contributed by atoms with Crippen LogP contribution < -0.4 is 10.1 Å². The van der Waals surface area contributed by atoms with Crippen LogP contribution in [0.25, 0.3) is 0 Å². The Kier molecular flexibility index (Phi) is 4.44. The van der Waals surface area contributed by atoms with Gasteiger partial charge in [0.2, 0.25) is 0 Å². The van der Waals surface area contributed by atoms with Crippen LogP contribution in [0.5, 0.6) is 5.75 Å². The van der Waals surface area contributed by atoms with Crippen LogP contribution in [-0.2, 0) is 0 Å². The molecule has 106 valence electrons. The number of nitrogens with one attached hydrogen (secondary N) is 1. The first-order valence-corrected chi connectivity index (χ1v) is 8.58. The molecule has 0 radical (unpaired) electrons. The molecule has 0 saturated heterocycles. The van der Waals surface area contributed by atoms with Crippen LogP contribution in [0, 0.1) is 0 Å². The van der Waals surface area contributed by atoms with Gasteiger partial charge in [0.1, 0.15) is 5.75 Å². The monoisotopic (exact) mass is 351 g/mol. The van der Waals surface area contributed by atoms with E-state index in [-0.39, 0.29) is 0 Å². The standard InChI is InChI=1S/C16H18BrNOS/c1-18-14(16-13(17)7-9-20-16)10-11-6-8-19-15-5-3-2-4-12(11)15/h2-5,7,9,11,14,18H,6,8,10H2,1H3. The number of halogens is 1. The summed E-state index contributed by atoms with van der Waals surface area (Å²) >= 11 is 5.46. The summed E-state index contributed by atoms with van der Waals surface area (Å²) in [5.41, 5.74) is 1.35. The molecule has 2 nitrogen and oxygen atoms in total. The van der Waals surface area contributed by atoms with Gasteiger partial charge in [-0.05, 0) is 64.8 Å². The van der Waals surface area contributed by atoms with Crippen molar-refractivity contribution in [3.8, 4) is 5.75 Å². The van der Waals surface area contributed by atoms with Gasteiger partial charge < -0.3 is 10.1 Å². The van der Waals surface area contributed by atoms with Crippen molar-refractivity contribution in [1.82, 2.24) is 5.32 Å². The van der Waals surface area contributed by atoms with Crippen molar-refractivity contribution in [3.63, 3.8) is 0 Å². The number of ether oxygens (including phenoxy) is 1. The molecule has 2 aromatic rings. The van der Waals surface area contributed by atoms with Crippen LogP contribution >= 0.6 is 27.3 Å². The summed E-state index contributed by atoms with van der Waals surface area (Å²) in [5, 5.41) is 5.60. The van der Waals surface area contributed by atoms with Gasteiger partial charge >= 0.3 is 0 Å². The SMILES string of the molecule is CNC(CC1CCOc2ccccc21)c1sccc1Br. The van der Waals surface area contributed by atoms with Gasteiger partial charge in [-0.2, -0.15) is 0 Å². The molecule has 3 rings (SSSR count). The molecule has 0 aliphatic carbocycles. The minimum atomic E-state index is 0.389. The lowest BCUT2D eigenvalue weighted by molar-refractivity contribution is 0.256. The molecule has 1 N–H and O–H groups in total. The molecule has 20 heavy (non-hydrogen) atoms. The zero-order chi connectivity index (χ0) is 13.9. The van der Waals surface area contributed by atoms with Gasteiger partial charge in [-0.3, -0.25) is 0 Å². The van der Waals surface area contributed by atoms with Gasteiger partial charge in [0, 0.05) is 15.4 Å². The van der Waals surface area contributed by atoms with Crippen LogP contribution in [0.3, 0.4) is 0 Å². The first-order valence-electron chi connectivity index (χ1n) is 6.91. The van der Waals surface area contributed by atoms with E-state index in [2.05, 4.69) is 50.9 Å².